The van der Waals surface area contributed by atoms with E-state index >= 15 is 0 Å². The molecule has 0 unspecified atom stereocenters. The summed E-state index contributed by atoms with van der Waals surface area (Å²) in [5, 5.41) is 9.34. The molecule has 0 heterocycles. The van der Waals surface area contributed by atoms with Crippen LogP contribution in [0, 0.1) is 13.1 Å². The number of nitrogens with zero attached hydrogens (tertiary/aromatic N) is 2. The normalized spacial score (nSPS) is 10.2. The second-order valence-electron chi connectivity index (χ2n) is 11.0. The highest BCUT2D eigenvalue weighted by atomic mass is 79.9. The minimum Gasteiger partial charge on any atom is -1.00 e. The predicted octanol–water partition coefficient (Wildman–Crippen LogP) is 6.43. The van der Waals surface area contributed by atoms with Gasteiger partial charge in [-0.1, -0.05) is 162 Å². The molecule has 0 aliphatic heterocycles. The van der Waals surface area contributed by atoms with Gasteiger partial charge in [0.25, 0.3) is 0 Å². The van der Waals surface area contributed by atoms with Crippen LogP contribution in [0.3, 0.4) is 0 Å². The molecule has 0 radical (unpaired) electrons. The van der Waals surface area contributed by atoms with E-state index < -0.39 is 15.2 Å². The Morgan fingerprint density at radius 2 is 0.720 bits per heavy atom. The lowest BCUT2D eigenvalue weighted by atomic mass is 10.3. The Hall–Kier alpha value is -3.88. The molecule has 6 rings (SSSR count). The number of rotatable bonds is 11. The topological polar surface area (TPSA) is 8.72 Å². The van der Waals surface area contributed by atoms with E-state index in [4.69, 9.17) is 13.1 Å². The zero-order valence-electron chi connectivity index (χ0n) is 28.1. The molecule has 6 aromatic carbocycles. The van der Waals surface area contributed by atoms with Crippen LogP contribution in [0.15, 0.2) is 182 Å². The van der Waals surface area contributed by atoms with E-state index in [-0.39, 0.29) is 17.0 Å². The van der Waals surface area contributed by atoms with Crippen molar-refractivity contribution in [1.82, 2.24) is 0 Å². The molecule has 252 valence electrons. The molecule has 0 aromatic heterocycles. The van der Waals surface area contributed by atoms with E-state index in [1.807, 2.05) is 0 Å². The monoisotopic (exact) mass is 818 g/mol. The van der Waals surface area contributed by atoms with Crippen LogP contribution in [0.2, 0.25) is 0 Å². The Morgan fingerprint density at radius 3 is 0.980 bits per heavy atom. The van der Waals surface area contributed by atoms with Gasteiger partial charge in [-0.2, -0.15) is 0 Å². The van der Waals surface area contributed by atoms with Gasteiger partial charge in [-0.3, -0.25) is 0 Å². The fourth-order valence-electron chi connectivity index (χ4n) is 5.59. The molecular weight excluding hydrogens is 778 g/mol. The largest absolute Gasteiger partial charge is 1.00 e. The zero-order chi connectivity index (χ0) is 34.4. The Morgan fingerprint density at radius 1 is 0.440 bits per heavy atom. The first-order chi connectivity index (χ1) is 24.2. The highest BCUT2D eigenvalue weighted by Crippen LogP contribution is 2.55. The van der Waals surface area contributed by atoms with Crippen molar-refractivity contribution < 1.29 is 17.0 Å². The number of alkyl halides is 1. The highest BCUT2D eigenvalue weighted by Gasteiger charge is 2.44. The van der Waals surface area contributed by atoms with Gasteiger partial charge in [0.05, 0.1) is 12.6 Å². The Labute approximate surface area is 320 Å². The van der Waals surface area contributed by atoms with E-state index in [2.05, 4.69) is 208 Å². The molecule has 0 bridgehead atoms. The van der Waals surface area contributed by atoms with Gasteiger partial charge in [-0.15, -0.1) is 0 Å². The van der Waals surface area contributed by atoms with E-state index in [0.717, 1.165) is 24.3 Å². The van der Waals surface area contributed by atoms with Gasteiger partial charge < -0.3 is 26.7 Å². The minimum atomic E-state index is -1.73. The van der Waals surface area contributed by atoms with Gasteiger partial charge in [-0.05, 0) is 60.2 Å². The van der Waals surface area contributed by atoms with E-state index in [1.54, 1.807) is 0 Å². The molecule has 0 amide bonds. The lowest BCUT2D eigenvalue weighted by Crippen LogP contribution is -3.00. The fraction of sp³-hybridized carbons (Fsp3) is 0.136. The van der Waals surface area contributed by atoms with Gasteiger partial charge in [0, 0.05) is 11.8 Å². The molecule has 0 fully saturated rings. The molecule has 0 saturated heterocycles. The molecule has 0 aliphatic carbocycles. The first-order valence-corrected chi connectivity index (χ1v) is 20.9. The third kappa shape index (κ3) is 11.9. The first kappa shape index (κ1) is 40.5. The maximum Gasteiger partial charge on any atom is 0.218 e. The summed E-state index contributed by atoms with van der Waals surface area (Å²) >= 11 is 3.21. The lowest BCUT2D eigenvalue weighted by Gasteiger charge is -2.27. The van der Waals surface area contributed by atoms with Crippen LogP contribution in [0.5, 0.6) is 0 Å². The fourth-order valence-corrected chi connectivity index (χ4v) is 12.5. The van der Waals surface area contributed by atoms with Crippen LogP contribution in [0.25, 0.3) is 9.69 Å². The van der Waals surface area contributed by atoms with E-state index in [0.29, 0.717) is 13.1 Å². The summed E-state index contributed by atoms with van der Waals surface area (Å²) in [5.74, 6) is 0. The van der Waals surface area contributed by atoms with Crippen molar-refractivity contribution in [2.45, 2.75) is 12.8 Å². The van der Waals surface area contributed by atoms with Crippen molar-refractivity contribution >= 4 is 62.9 Å². The quantitative estimate of drug-likeness (QED) is 0.0618. The average molecular weight is 821 g/mol. The van der Waals surface area contributed by atoms with Gasteiger partial charge in [0.1, 0.15) is 23.2 Å². The molecule has 0 saturated carbocycles. The molecule has 50 heavy (non-hydrogen) atoms. The van der Waals surface area contributed by atoms with Crippen molar-refractivity contribution in [2.24, 2.45) is 0 Å². The van der Waals surface area contributed by atoms with Crippen molar-refractivity contribution in [3.05, 3.63) is 205 Å². The van der Waals surface area contributed by atoms with Gasteiger partial charge in [0.2, 0.25) is 13.1 Å². The molecule has 6 heteroatoms. The van der Waals surface area contributed by atoms with Crippen LogP contribution in [0.1, 0.15) is 12.8 Å². The van der Waals surface area contributed by atoms with Gasteiger partial charge in [0.15, 0.2) is 0 Å². The summed E-state index contributed by atoms with van der Waals surface area (Å²) in [5.41, 5.74) is 0. The van der Waals surface area contributed by atoms with E-state index in [9.17, 15) is 0 Å². The maximum atomic E-state index is 7.16. The number of halogens is 2. The number of hydrogen-bond donors (Lipinski definition) is 0. The second kappa shape index (κ2) is 23.5. The summed E-state index contributed by atoms with van der Waals surface area (Å²) < 4.78 is 0. The van der Waals surface area contributed by atoms with Crippen LogP contribution in [-0.4, -0.2) is 24.6 Å². The summed E-state index contributed by atoms with van der Waals surface area (Å²) in [4.78, 5) is 6.73. The molecule has 0 N–H and O–H groups in total. The Bertz CT molecular complexity index is 1640. The highest BCUT2D eigenvalue weighted by molar-refractivity contribution is 9.09. The molecule has 0 atom stereocenters. The van der Waals surface area contributed by atoms with Crippen molar-refractivity contribution in [3.63, 3.8) is 0 Å². The third-order valence-electron chi connectivity index (χ3n) is 7.80. The standard InChI is InChI=1S/C22H21NP.C18H15P.C4H6BrN.BrH/c1-23-18-11-19-24(20-12-5-2-6-13-20,21-14-7-3-8-15-21)22-16-9-4-10-17-22;1-4-10-16(11-5-1)19(17-12-6-2-7-13-17)18-14-8-3-9-15-18;1-6-4-2-3-5;/h2-10,12-17H,11,18-19H2;1-15H;2-4H2;1H/q+1;;;/p-1. The second-order valence-corrected chi connectivity index (χ2v) is 17.7. The first-order valence-electron chi connectivity index (χ1n) is 16.5. The number of benzene rings is 6. The van der Waals surface area contributed by atoms with Crippen LogP contribution in [0.4, 0.5) is 0 Å². The smallest absolute Gasteiger partial charge is 0.218 e. The van der Waals surface area contributed by atoms with Gasteiger partial charge in [-0.25, -0.2) is 13.1 Å². The third-order valence-corrected chi connectivity index (χ3v) is 15.3. The summed E-state index contributed by atoms with van der Waals surface area (Å²) in [6.45, 7) is 14.7. The van der Waals surface area contributed by atoms with Crippen molar-refractivity contribution in [2.75, 3.05) is 24.6 Å². The summed E-state index contributed by atoms with van der Waals surface area (Å²) in [7, 11) is -2.17. The van der Waals surface area contributed by atoms with Crippen LogP contribution in [-0.2, 0) is 0 Å². The predicted molar refractivity (Wildman–Crippen MR) is 221 cm³/mol. The van der Waals surface area contributed by atoms with Crippen LogP contribution < -0.4 is 48.8 Å². The number of hydrogen-bond acceptors (Lipinski definition) is 0. The molecule has 0 aliphatic rings. The van der Waals surface area contributed by atoms with E-state index in [1.165, 1.54) is 31.8 Å². The summed E-state index contributed by atoms with van der Waals surface area (Å²) in [6.07, 6.45) is 2.94. The Kier molecular flexibility index (Phi) is 19.1. The molecular formula is C44H42Br2N2P2. The van der Waals surface area contributed by atoms with Gasteiger partial charge >= 0.3 is 0 Å². The molecule has 0 spiro atoms. The lowest BCUT2D eigenvalue weighted by molar-refractivity contribution is -0.00000946. The SMILES string of the molecule is [Br-].[C-]#[N+]CCCBr.[C-]#[N+]CCC[P+](c1ccccc1)(c1ccccc1)c1ccccc1.c1ccc(P(c2ccccc2)c2ccccc2)cc1. The van der Waals surface area contributed by atoms with Crippen LogP contribution >= 0.6 is 31.1 Å². The van der Waals surface area contributed by atoms with Crippen molar-refractivity contribution in [3.8, 4) is 0 Å². The maximum absolute atomic E-state index is 7.16. The zero-order valence-corrected chi connectivity index (χ0v) is 33.1. The molecule has 6 aromatic rings. The summed E-state index contributed by atoms with van der Waals surface area (Å²) in [6, 6.07) is 64.9. The minimum absolute atomic E-state index is 0. The molecule has 2 nitrogen and oxygen atoms in total. The Balaban J connectivity index is 0.000000233. The van der Waals surface area contributed by atoms with Crippen molar-refractivity contribution in [1.29, 1.82) is 0 Å². The average Bonchev–Trinajstić information content (AvgIpc) is 3.19.